The Kier molecular flexibility index (Phi) is 5.30. The summed E-state index contributed by atoms with van der Waals surface area (Å²) in [6, 6.07) is 5.60. The maximum atomic E-state index is 12.0. The maximum absolute atomic E-state index is 12.0. The van der Waals surface area contributed by atoms with Crippen LogP contribution in [0.15, 0.2) is 18.2 Å². The fourth-order valence-electron chi connectivity index (χ4n) is 2.59. The van der Waals surface area contributed by atoms with Crippen molar-refractivity contribution in [3.63, 3.8) is 0 Å². The molecule has 0 radical (unpaired) electrons. The van der Waals surface area contributed by atoms with Gasteiger partial charge in [0.05, 0.1) is 0 Å². The molecule has 1 aromatic rings. The second-order valence-corrected chi connectivity index (χ2v) is 7.94. The lowest BCUT2D eigenvalue weighted by Crippen LogP contribution is -2.46. The molecule has 1 atom stereocenters. The van der Waals surface area contributed by atoms with Crippen molar-refractivity contribution in [3.05, 3.63) is 23.8 Å². The van der Waals surface area contributed by atoms with E-state index in [4.69, 9.17) is 14.2 Å². The zero-order valence-electron chi connectivity index (χ0n) is 15.8. The number of carbonyl (C=O) groups is 2. The normalized spacial score (nSPS) is 16.4. The van der Waals surface area contributed by atoms with E-state index in [9.17, 15) is 9.59 Å². The highest BCUT2D eigenvalue weighted by atomic mass is 16.6. The van der Waals surface area contributed by atoms with E-state index < -0.39 is 12.1 Å². The maximum Gasteiger partial charge on any atom is 0.344 e. The van der Waals surface area contributed by atoms with E-state index in [1.165, 1.54) is 6.92 Å². The van der Waals surface area contributed by atoms with Crippen LogP contribution in [0.1, 0.15) is 47.1 Å². The van der Waals surface area contributed by atoms with E-state index in [0.717, 1.165) is 12.0 Å². The lowest BCUT2D eigenvalue weighted by Gasteiger charge is -2.23. The topological polar surface area (TPSA) is 73.9 Å². The Labute approximate surface area is 148 Å². The van der Waals surface area contributed by atoms with E-state index in [-0.39, 0.29) is 23.7 Å². The van der Waals surface area contributed by atoms with Gasteiger partial charge in [0.15, 0.2) is 24.2 Å². The number of hydrogen-bond acceptors (Lipinski definition) is 5. The van der Waals surface area contributed by atoms with Crippen LogP contribution in [0.25, 0.3) is 0 Å². The van der Waals surface area contributed by atoms with Crippen molar-refractivity contribution in [2.45, 2.75) is 65.2 Å². The number of benzene rings is 1. The van der Waals surface area contributed by atoms with Crippen molar-refractivity contribution in [3.8, 4) is 11.5 Å². The van der Waals surface area contributed by atoms with Gasteiger partial charge in [0.25, 0.3) is 5.91 Å². The Morgan fingerprint density at radius 2 is 2.00 bits per heavy atom. The van der Waals surface area contributed by atoms with Gasteiger partial charge in [0, 0.05) is 17.5 Å². The van der Waals surface area contributed by atoms with Gasteiger partial charge in [-0.3, -0.25) is 4.79 Å². The first kappa shape index (κ1) is 19.1. The fraction of sp³-hybridized carbons (Fsp3) is 0.579. The van der Waals surface area contributed by atoms with Crippen molar-refractivity contribution in [2.24, 2.45) is 0 Å². The molecule has 0 aliphatic carbocycles. The summed E-state index contributed by atoms with van der Waals surface area (Å²) in [6.45, 7) is 10.8. The van der Waals surface area contributed by atoms with E-state index >= 15 is 0 Å². The quantitative estimate of drug-likeness (QED) is 0.827. The molecular weight excluding hydrogens is 322 g/mol. The lowest BCUT2D eigenvalue weighted by molar-refractivity contribution is -0.157. The molecule has 1 aliphatic heterocycles. The number of nitrogens with one attached hydrogen (secondary N) is 1. The van der Waals surface area contributed by atoms with E-state index in [1.54, 1.807) is 6.07 Å². The summed E-state index contributed by atoms with van der Waals surface area (Å²) >= 11 is 0. The Bertz CT molecular complexity index is 660. The average Bonchev–Trinajstić information content (AvgIpc) is 2.77. The molecule has 2 rings (SSSR count). The van der Waals surface area contributed by atoms with Gasteiger partial charge in [-0.25, -0.2) is 4.79 Å². The van der Waals surface area contributed by atoms with Crippen LogP contribution in [-0.4, -0.2) is 35.7 Å². The zero-order chi connectivity index (χ0) is 18.8. The summed E-state index contributed by atoms with van der Waals surface area (Å²) in [5.41, 5.74) is 0.374. The first-order chi connectivity index (χ1) is 11.5. The number of para-hydroxylation sites is 1. The van der Waals surface area contributed by atoms with Gasteiger partial charge in [0.1, 0.15) is 5.60 Å². The molecule has 0 saturated heterocycles. The summed E-state index contributed by atoms with van der Waals surface area (Å²) < 4.78 is 16.6. The summed E-state index contributed by atoms with van der Waals surface area (Å²) in [7, 11) is 0. The molecule has 0 saturated carbocycles. The molecule has 0 fully saturated rings. The molecule has 6 nitrogen and oxygen atoms in total. The highest BCUT2D eigenvalue weighted by molar-refractivity contribution is 5.84. The van der Waals surface area contributed by atoms with Crippen LogP contribution in [0.4, 0.5) is 0 Å². The molecule has 25 heavy (non-hydrogen) atoms. The van der Waals surface area contributed by atoms with Crippen molar-refractivity contribution in [1.82, 2.24) is 5.32 Å². The third-order valence-corrected chi connectivity index (χ3v) is 3.58. The van der Waals surface area contributed by atoms with Crippen LogP contribution >= 0.6 is 0 Å². The molecule has 1 aliphatic rings. The first-order valence-electron chi connectivity index (χ1n) is 8.42. The van der Waals surface area contributed by atoms with Gasteiger partial charge < -0.3 is 19.5 Å². The molecule has 1 aromatic carbocycles. The highest BCUT2D eigenvalue weighted by Gasteiger charge is 2.32. The van der Waals surface area contributed by atoms with Crippen LogP contribution in [0.5, 0.6) is 11.5 Å². The number of rotatable bonds is 5. The predicted octanol–water partition coefficient (Wildman–Crippen LogP) is 2.63. The van der Waals surface area contributed by atoms with Crippen LogP contribution in [0.2, 0.25) is 0 Å². The number of esters is 1. The number of fused-ring (bicyclic) bond motifs is 1. The second-order valence-electron chi connectivity index (χ2n) is 7.94. The van der Waals surface area contributed by atoms with E-state index in [1.807, 2.05) is 46.8 Å². The molecule has 138 valence electrons. The molecule has 1 heterocycles. The molecule has 0 spiro atoms. The van der Waals surface area contributed by atoms with Crippen LogP contribution in [0, 0.1) is 0 Å². The monoisotopic (exact) mass is 349 g/mol. The van der Waals surface area contributed by atoms with E-state index in [0.29, 0.717) is 11.5 Å². The average molecular weight is 349 g/mol. The summed E-state index contributed by atoms with van der Waals surface area (Å²) in [5.74, 6) is 0.226. The molecule has 0 bridgehead atoms. The van der Waals surface area contributed by atoms with E-state index in [2.05, 4.69) is 5.32 Å². The predicted molar refractivity (Wildman–Crippen MR) is 93.8 cm³/mol. The zero-order valence-corrected chi connectivity index (χ0v) is 15.8. The summed E-state index contributed by atoms with van der Waals surface area (Å²) in [6.07, 6.45) is -0.0967. The SMILES string of the molecule is CC(OC(=O)COc1cccc2c1OC(C)(C)C2)C(=O)NC(C)(C)C. The Hall–Kier alpha value is -2.24. The van der Waals surface area contributed by atoms with Gasteiger partial charge >= 0.3 is 5.97 Å². The van der Waals surface area contributed by atoms with Crippen LogP contribution in [0.3, 0.4) is 0 Å². The highest BCUT2D eigenvalue weighted by Crippen LogP contribution is 2.41. The minimum absolute atomic E-state index is 0.284. The third kappa shape index (κ3) is 5.37. The van der Waals surface area contributed by atoms with Crippen LogP contribution in [-0.2, 0) is 20.7 Å². The summed E-state index contributed by atoms with van der Waals surface area (Å²) in [5, 5.41) is 2.76. The van der Waals surface area contributed by atoms with Gasteiger partial charge in [-0.05, 0) is 47.6 Å². The minimum atomic E-state index is -0.882. The van der Waals surface area contributed by atoms with Gasteiger partial charge in [-0.15, -0.1) is 0 Å². The van der Waals surface area contributed by atoms with Crippen molar-refractivity contribution < 1.29 is 23.8 Å². The largest absolute Gasteiger partial charge is 0.483 e. The van der Waals surface area contributed by atoms with Gasteiger partial charge in [-0.2, -0.15) is 0 Å². The lowest BCUT2D eigenvalue weighted by atomic mass is 10.0. The standard InChI is InChI=1S/C19H27NO5/c1-12(17(22)20-18(2,3)4)24-15(21)11-23-14-9-7-8-13-10-19(5,6)25-16(13)14/h7-9,12H,10-11H2,1-6H3,(H,20,22). The van der Waals surface area contributed by atoms with Gasteiger partial charge in [-0.1, -0.05) is 12.1 Å². The molecule has 6 heteroatoms. The third-order valence-electron chi connectivity index (χ3n) is 3.58. The second kappa shape index (κ2) is 6.94. The molecule has 1 N–H and O–H groups in total. The smallest absolute Gasteiger partial charge is 0.344 e. The van der Waals surface area contributed by atoms with Crippen LogP contribution < -0.4 is 14.8 Å². The number of carbonyl (C=O) groups excluding carboxylic acids is 2. The van der Waals surface area contributed by atoms with Gasteiger partial charge in [0.2, 0.25) is 0 Å². The van der Waals surface area contributed by atoms with Crippen molar-refractivity contribution in [2.75, 3.05) is 6.61 Å². The fourth-order valence-corrected chi connectivity index (χ4v) is 2.59. The summed E-state index contributed by atoms with van der Waals surface area (Å²) in [4.78, 5) is 23.9. The minimum Gasteiger partial charge on any atom is -0.483 e. The Morgan fingerprint density at radius 1 is 1.32 bits per heavy atom. The first-order valence-corrected chi connectivity index (χ1v) is 8.42. The molecule has 1 unspecified atom stereocenters. The van der Waals surface area contributed by atoms with Crippen molar-refractivity contribution in [1.29, 1.82) is 0 Å². The Morgan fingerprint density at radius 3 is 2.64 bits per heavy atom. The molecular formula is C19H27NO5. The number of amides is 1. The Balaban J connectivity index is 1.90. The van der Waals surface area contributed by atoms with Crippen molar-refractivity contribution >= 4 is 11.9 Å². The molecule has 0 aromatic heterocycles. The number of ether oxygens (including phenoxy) is 3. The number of hydrogen-bond donors (Lipinski definition) is 1. The molecule has 1 amide bonds.